The number of nitrogens with one attached hydrogen (secondary N) is 1. The van der Waals surface area contributed by atoms with Gasteiger partial charge in [-0.1, -0.05) is 31.2 Å². The molecule has 0 saturated carbocycles. The van der Waals surface area contributed by atoms with Gasteiger partial charge in [-0.2, -0.15) is 0 Å². The van der Waals surface area contributed by atoms with Crippen molar-refractivity contribution in [3.8, 4) is 11.5 Å². The molecule has 2 atom stereocenters. The van der Waals surface area contributed by atoms with Crippen molar-refractivity contribution in [1.29, 1.82) is 0 Å². The minimum absolute atomic E-state index is 0.385. The molecule has 0 radical (unpaired) electrons. The summed E-state index contributed by atoms with van der Waals surface area (Å²) in [4.78, 5) is 2.45. The quantitative estimate of drug-likeness (QED) is 0.717. The number of rotatable bonds is 7. The van der Waals surface area contributed by atoms with E-state index < -0.39 is 0 Å². The average Bonchev–Trinajstić information content (AvgIpc) is 2.87. The number of para-hydroxylation sites is 2. The SMILES string of the molecule is COc1ccccc1SCC(C)CNC1COc2ccccc2SC1. The number of hydrogen-bond acceptors (Lipinski definition) is 5. The monoisotopic (exact) mass is 375 g/mol. The number of thioether (sulfide) groups is 2. The van der Waals surface area contributed by atoms with Crippen LogP contribution in [0.3, 0.4) is 0 Å². The first-order valence-corrected chi connectivity index (χ1v) is 10.6. The Kier molecular flexibility index (Phi) is 6.96. The number of ether oxygens (including phenoxy) is 2. The smallest absolute Gasteiger partial charge is 0.132 e. The average molecular weight is 376 g/mol. The Hall–Kier alpha value is -1.30. The molecular weight excluding hydrogens is 350 g/mol. The zero-order valence-electron chi connectivity index (χ0n) is 14.7. The van der Waals surface area contributed by atoms with Gasteiger partial charge in [-0.25, -0.2) is 0 Å². The van der Waals surface area contributed by atoms with E-state index in [1.165, 1.54) is 9.79 Å². The molecule has 25 heavy (non-hydrogen) atoms. The van der Waals surface area contributed by atoms with E-state index >= 15 is 0 Å². The minimum Gasteiger partial charge on any atom is -0.496 e. The Balaban J connectivity index is 1.43. The van der Waals surface area contributed by atoms with Crippen LogP contribution in [-0.4, -0.2) is 37.8 Å². The molecule has 3 nitrogen and oxygen atoms in total. The maximum Gasteiger partial charge on any atom is 0.132 e. The van der Waals surface area contributed by atoms with E-state index in [0.29, 0.717) is 12.0 Å². The third-order valence-corrected chi connectivity index (χ3v) is 6.68. The summed E-state index contributed by atoms with van der Waals surface area (Å²) in [6, 6.07) is 16.9. The summed E-state index contributed by atoms with van der Waals surface area (Å²) in [5, 5.41) is 3.67. The Morgan fingerprint density at radius 1 is 1.24 bits per heavy atom. The molecule has 3 rings (SSSR count). The lowest BCUT2D eigenvalue weighted by Crippen LogP contribution is -2.39. The maximum atomic E-state index is 5.95. The Bertz CT molecular complexity index is 653. The predicted octanol–water partition coefficient (Wildman–Crippen LogP) is 4.57. The fraction of sp³-hybridized carbons (Fsp3) is 0.400. The first kappa shape index (κ1) is 18.5. The van der Waals surface area contributed by atoms with Gasteiger partial charge in [-0.15, -0.1) is 23.5 Å². The largest absolute Gasteiger partial charge is 0.496 e. The van der Waals surface area contributed by atoms with Gasteiger partial charge in [0.05, 0.1) is 13.2 Å². The normalized spacial score (nSPS) is 17.9. The first-order chi connectivity index (χ1) is 12.3. The Labute approximate surface area is 158 Å². The van der Waals surface area contributed by atoms with Crippen LogP contribution in [0, 0.1) is 5.92 Å². The van der Waals surface area contributed by atoms with E-state index in [-0.39, 0.29) is 0 Å². The maximum absolute atomic E-state index is 5.95. The topological polar surface area (TPSA) is 30.5 Å². The van der Waals surface area contributed by atoms with Gasteiger partial charge in [0.2, 0.25) is 0 Å². The Morgan fingerprint density at radius 3 is 2.92 bits per heavy atom. The summed E-state index contributed by atoms with van der Waals surface area (Å²) in [5.74, 6) is 4.65. The molecule has 0 aliphatic carbocycles. The van der Waals surface area contributed by atoms with Gasteiger partial charge in [-0.3, -0.25) is 0 Å². The van der Waals surface area contributed by atoms with Crippen molar-refractivity contribution >= 4 is 23.5 Å². The van der Waals surface area contributed by atoms with E-state index in [1.54, 1.807) is 7.11 Å². The lowest BCUT2D eigenvalue weighted by Gasteiger charge is -2.19. The zero-order valence-corrected chi connectivity index (χ0v) is 16.4. The highest BCUT2D eigenvalue weighted by molar-refractivity contribution is 7.99. The van der Waals surface area contributed by atoms with Gasteiger partial charge in [0.1, 0.15) is 18.1 Å². The summed E-state index contributed by atoms with van der Waals surface area (Å²) in [7, 11) is 1.73. The summed E-state index contributed by atoms with van der Waals surface area (Å²) < 4.78 is 11.4. The third-order valence-electron chi connectivity index (χ3n) is 4.08. The number of hydrogen-bond donors (Lipinski definition) is 1. The van der Waals surface area contributed by atoms with Gasteiger partial charge in [0.25, 0.3) is 0 Å². The highest BCUT2D eigenvalue weighted by Crippen LogP contribution is 2.32. The van der Waals surface area contributed by atoms with Crippen LogP contribution in [0.5, 0.6) is 11.5 Å². The van der Waals surface area contributed by atoms with Crippen LogP contribution in [0.1, 0.15) is 6.92 Å². The lowest BCUT2D eigenvalue weighted by molar-refractivity contribution is 0.270. The van der Waals surface area contributed by atoms with Crippen LogP contribution >= 0.6 is 23.5 Å². The fourth-order valence-corrected chi connectivity index (χ4v) is 4.72. The van der Waals surface area contributed by atoms with E-state index in [4.69, 9.17) is 9.47 Å². The standard InChI is InChI=1S/C20H25NO2S2/c1-15(13-24-19-9-5-3-7-17(19)22-2)11-21-16-12-23-18-8-4-6-10-20(18)25-14-16/h3-10,15-16,21H,11-14H2,1-2H3. The van der Waals surface area contributed by atoms with E-state index in [2.05, 4.69) is 42.6 Å². The first-order valence-electron chi connectivity index (χ1n) is 8.60. The molecule has 0 amide bonds. The molecule has 0 saturated heterocycles. The molecule has 1 aliphatic heterocycles. The minimum atomic E-state index is 0.385. The van der Waals surface area contributed by atoms with Crippen LogP contribution in [-0.2, 0) is 0 Å². The van der Waals surface area contributed by atoms with Crippen molar-refractivity contribution in [2.75, 3.05) is 31.8 Å². The third kappa shape index (κ3) is 5.33. The summed E-state index contributed by atoms with van der Waals surface area (Å²) in [5.41, 5.74) is 0. The lowest BCUT2D eigenvalue weighted by atomic mass is 10.2. The summed E-state index contributed by atoms with van der Waals surface area (Å²) in [6.45, 7) is 4.01. The highest BCUT2D eigenvalue weighted by Gasteiger charge is 2.17. The molecule has 5 heteroatoms. The van der Waals surface area contributed by atoms with E-state index in [0.717, 1.165) is 36.2 Å². The number of fused-ring (bicyclic) bond motifs is 1. The van der Waals surface area contributed by atoms with Crippen LogP contribution in [0.4, 0.5) is 0 Å². The molecule has 0 bridgehead atoms. The predicted molar refractivity (Wildman–Crippen MR) is 107 cm³/mol. The van der Waals surface area contributed by atoms with Crippen molar-refractivity contribution < 1.29 is 9.47 Å². The van der Waals surface area contributed by atoms with Crippen molar-refractivity contribution in [2.24, 2.45) is 5.92 Å². The van der Waals surface area contributed by atoms with Crippen LogP contribution < -0.4 is 14.8 Å². The second-order valence-corrected chi connectivity index (χ2v) is 8.36. The molecule has 2 aromatic carbocycles. The van der Waals surface area contributed by atoms with Crippen molar-refractivity contribution in [2.45, 2.75) is 22.8 Å². The van der Waals surface area contributed by atoms with Crippen LogP contribution in [0.15, 0.2) is 58.3 Å². The molecule has 134 valence electrons. The molecule has 1 N–H and O–H groups in total. The van der Waals surface area contributed by atoms with Crippen molar-refractivity contribution in [3.63, 3.8) is 0 Å². The second-order valence-electron chi connectivity index (χ2n) is 6.24. The van der Waals surface area contributed by atoms with Crippen LogP contribution in [0.25, 0.3) is 0 Å². The molecule has 1 heterocycles. The molecule has 2 aromatic rings. The molecule has 0 spiro atoms. The van der Waals surface area contributed by atoms with Crippen LogP contribution in [0.2, 0.25) is 0 Å². The highest BCUT2D eigenvalue weighted by atomic mass is 32.2. The number of benzene rings is 2. The molecule has 1 aliphatic rings. The van der Waals surface area contributed by atoms with Gasteiger partial charge in [-0.05, 0) is 36.7 Å². The summed E-state index contributed by atoms with van der Waals surface area (Å²) >= 11 is 3.73. The zero-order chi connectivity index (χ0) is 17.5. The second kappa shape index (κ2) is 9.41. The van der Waals surface area contributed by atoms with Crippen molar-refractivity contribution in [1.82, 2.24) is 5.32 Å². The van der Waals surface area contributed by atoms with E-state index in [1.807, 2.05) is 41.7 Å². The van der Waals surface area contributed by atoms with Crippen molar-refractivity contribution in [3.05, 3.63) is 48.5 Å². The van der Waals surface area contributed by atoms with Gasteiger partial charge < -0.3 is 14.8 Å². The summed E-state index contributed by atoms with van der Waals surface area (Å²) in [6.07, 6.45) is 0. The van der Waals surface area contributed by atoms with Gasteiger partial charge in [0.15, 0.2) is 0 Å². The fourth-order valence-electron chi connectivity index (χ4n) is 2.63. The molecule has 0 fully saturated rings. The van der Waals surface area contributed by atoms with E-state index in [9.17, 15) is 0 Å². The molecule has 2 unspecified atom stereocenters. The molecular formula is C20H25NO2S2. The Morgan fingerprint density at radius 2 is 2.04 bits per heavy atom. The molecule has 0 aromatic heterocycles. The van der Waals surface area contributed by atoms with Gasteiger partial charge >= 0.3 is 0 Å². The number of methoxy groups -OCH3 is 1. The van der Waals surface area contributed by atoms with Gasteiger partial charge in [0, 0.05) is 21.3 Å².